The molecule has 6 heteroatoms. The van der Waals surface area contributed by atoms with Crippen molar-refractivity contribution in [3.63, 3.8) is 0 Å². The van der Waals surface area contributed by atoms with Crippen LogP contribution in [-0.2, 0) is 14.3 Å². The number of aliphatic carboxylic acids is 1. The lowest BCUT2D eigenvalue weighted by molar-refractivity contribution is -0.138. The molecule has 104 valence electrons. The predicted octanol–water partition coefficient (Wildman–Crippen LogP) is 0.0319. The zero-order valence-corrected chi connectivity index (χ0v) is 10.9. The summed E-state index contributed by atoms with van der Waals surface area (Å²) < 4.78 is 5.25. The first-order valence-corrected chi connectivity index (χ1v) is 6.43. The smallest absolute Gasteiger partial charge is 0.305 e. The number of carboxylic acid groups (broad SMARTS) is 1. The molecule has 0 aromatic heterocycles. The normalized spacial score (nSPS) is 16.5. The number of carboxylic acids is 1. The molecule has 1 saturated heterocycles. The predicted molar refractivity (Wildman–Crippen MR) is 66.4 cm³/mol. The maximum absolute atomic E-state index is 11.7. The van der Waals surface area contributed by atoms with Crippen LogP contribution in [0, 0.1) is 0 Å². The van der Waals surface area contributed by atoms with Crippen molar-refractivity contribution in [2.75, 3.05) is 45.9 Å². The third-order valence-corrected chi connectivity index (χ3v) is 3.04. The molecule has 0 aromatic rings. The molecule has 0 aromatic carbocycles. The molecule has 0 saturated carbocycles. The van der Waals surface area contributed by atoms with Gasteiger partial charge in [0, 0.05) is 39.1 Å². The molecule has 1 N–H and O–H groups in total. The summed E-state index contributed by atoms with van der Waals surface area (Å²) in [7, 11) is 0. The van der Waals surface area contributed by atoms with Gasteiger partial charge in [-0.05, 0) is 0 Å². The second-order valence-electron chi connectivity index (χ2n) is 4.33. The van der Waals surface area contributed by atoms with E-state index in [0.717, 1.165) is 32.8 Å². The summed E-state index contributed by atoms with van der Waals surface area (Å²) in [6.07, 6.45) is 0.428. The van der Waals surface area contributed by atoms with Crippen molar-refractivity contribution >= 4 is 11.9 Å². The highest BCUT2D eigenvalue weighted by atomic mass is 16.5. The lowest BCUT2D eigenvalue weighted by Gasteiger charge is -2.29. The molecule has 1 rings (SSSR count). The van der Waals surface area contributed by atoms with Gasteiger partial charge >= 0.3 is 5.97 Å². The van der Waals surface area contributed by atoms with Crippen LogP contribution in [0.2, 0.25) is 0 Å². The second kappa shape index (κ2) is 8.05. The van der Waals surface area contributed by atoms with Crippen LogP contribution in [0.25, 0.3) is 0 Å². The Hall–Kier alpha value is -1.14. The fourth-order valence-corrected chi connectivity index (χ4v) is 1.90. The number of hydrogen-bond acceptors (Lipinski definition) is 4. The third kappa shape index (κ3) is 5.46. The summed E-state index contributed by atoms with van der Waals surface area (Å²) in [5.41, 5.74) is 0. The highest BCUT2D eigenvalue weighted by molar-refractivity contribution is 5.76. The fourth-order valence-electron chi connectivity index (χ4n) is 1.90. The van der Waals surface area contributed by atoms with E-state index in [4.69, 9.17) is 9.84 Å². The van der Waals surface area contributed by atoms with Gasteiger partial charge in [-0.3, -0.25) is 14.5 Å². The maximum Gasteiger partial charge on any atom is 0.305 e. The van der Waals surface area contributed by atoms with E-state index in [1.165, 1.54) is 0 Å². The van der Waals surface area contributed by atoms with Crippen molar-refractivity contribution in [2.45, 2.75) is 19.8 Å². The summed E-state index contributed by atoms with van der Waals surface area (Å²) in [6, 6.07) is 0. The summed E-state index contributed by atoms with van der Waals surface area (Å²) >= 11 is 0. The Morgan fingerprint density at radius 2 is 1.94 bits per heavy atom. The molecule has 0 atom stereocenters. The molecule has 18 heavy (non-hydrogen) atoms. The van der Waals surface area contributed by atoms with E-state index in [-0.39, 0.29) is 12.3 Å². The van der Waals surface area contributed by atoms with E-state index in [2.05, 4.69) is 4.90 Å². The first-order chi connectivity index (χ1) is 8.63. The van der Waals surface area contributed by atoms with Gasteiger partial charge in [0.15, 0.2) is 0 Å². The van der Waals surface area contributed by atoms with E-state index < -0.39 is 5.97 Å². The van der Waals surface area contributed by atoms with E-state index in [9.17, 15) is 9.59 Å². The number of carbonyl (C=O) groups excluding carboxylic acids is 1. The molecular weight excluding hydrogens is 236 g/mol. The first kappa shape index (κ1) is 14.9. The molecule has 0 aliphatic carbocycles. The zero-order chi connectivity index (χ0) is 13.4. The minimum Gasteiger partial charge on any atom is -0.481 e. The Morgan fingerprint density at radius 3 is 2.50 bits per heavy atom. The summed E-state index contributed by atoms with van der Waals surface area (Å²) in [6.45, 7) is 6.71. The second-order valence-corrected chi connectivity index (χ2v) is 4.33. The standard InChI is InChI=1S/C12H22N2O4/c1-2-11(15)14(4-3-12(16)17)6-5-13-7-9-18-10-8-13/h2-10H2,1H3,(H,16,17). The fraction of sp³-hybridized carbons (Fsp3) is 0.833. The van der Waals surface area contributed by atoms with Gasteiger partial charge < -0.3 is 14.7 Å². The van der Waals surface area contributed by atoms with Gasteiger partial charge in [0.1, 0.15) is 0 Å². The maximum atomic E-state index is 11.7. The number of carbonyl (C=O) groups is 2. The van der Waals surface area contributed by atoms with Crippen molar-refractivity contribution in [2.24, 2.45) is 0 Å². The number of hydrogen-bond donors (Lipinski definition) is 1. The lowest BCUT2D eigenvalue weighted by atomic mass is 10.3. The van der Waals surface area contributed by atoms with E-state index in [0.29, 0.717) is 19.5 Å². The molecule has 1 fully saturated rings. The Labute approximate surface area is 107 Å². The summed E-state index contributed by atoms with van der Waals surface area (Å²) in [5.74, 6) is -0.847. The van der Waals surface area contributed by atoms with Gasteiger partial charge in [-0.1, -0.05) is 6.92 Å². The molecule has 6 nitrogen and oxygen atoms in total. The molecule has 0 unspecified atom stereocenters. The topological polar surface area (TPSA) is 70.1 Å². The minimum atomic E-state index is -0.865. The van der Waals surface area contributed by atoms with Crippen LogP contribution >= 0.6 is 0 Å². The summed E-state index contributed by atoms with van der Waals surface area (Å²) in [5, 5.41) is 8.67. The van der Waals surface area contributed by atoms with Gasteiger partial charge in [0.25, 0.3) is 0 Å². The van der Waals surface area contributed by atoms with Crippen LogP contribution in [0.5, 0.6) is 0 Å². The third-order valence-electron chi connectivity index (χ3n) is 3.04. The zero-order valence-electron chi connectivity index (χ0n) is 10.9. The minimum absolute atomic E-state index is 0.00878. The molecule has 1 amide bonds. The molecular formula is C12H22N2O4. The molecule has 1 aliphatic rings. The van der Waals surface area contributed by atoms with Crippen LogP contribution in [0.15, 0.2) is 0 Å². The highest BCUT2D eigenvalue weighted by Gasteiger charge is 2.16. The molecule has 0 radical (unpaired) electrons. The van der Waals surface area contributed by atoms with Crippen LogP contribution in [0.1, 0.15) is 19.8 Å². The van der Waals surface area contributed by atoms with Gasteiger partial charge in [0.05, 0.1) is 19.6 Å². The van der Waals surface area contributed by atoms with Crippen LogP contribution < -0.4 is 0 Å². The van der Waals surface area contributed by atoms with Crippen molar-refractivity contribution in [3.05, 3.63) is 0 Å². The van der Waals surface area contributed by atoms with Crippen LogP contribution in [0.4, 0.5) is 0 Å². The Kier molecular flexibility index (Phi) is 6.67. The number of rotatable bonds is 7. The highest BCUT2D eigenvalue weighted by Crippen LogP contribution is 2.01. The number of nitrogens with zero attached hydrogens (tertiary/aromatic N) is 2. The molecule has 1 aliphatic heterocycles. The average Bonchev–Trinajstić information content (AvgIpc) is 2.39. The molecule has 0 spiro atoms. The van der Waals surface area contributed by atoms with Crippen LogP contribution in [-0.4, -0.2) is 72.7 Å². The van der Waals surface area contributed by atoms with E-state index in [1.807, 2.05) is 0 Å². The number of amides is 1. The largest absolute Gasteiger partial charge is 0.481 e. The van der Waals surface area contributed by atoms with Gasteiger partial charge in [-0.15, -0.1) is 0 Å². The SMILES string of the molecule is CCC(=O)N(CCC(=O)O)CCN1CCOCC1. The Morgan fingerprint density at radius 1 is 1.28 bits per heavy atom. The first-order valence-electron chi connectivity index (χ1n) is 6.43. The van der Waals surface area contributed by atoms with Crippen molar-refractivity contribution in [1.82, 2.24) is 9.80 Å². The van der Waals surface area contributed by atoms with Crippen molar-refractivity contribution < 1.29 is 19.4 Å². The van der Waals surface area contributed by atoms with Crippen molar-refractivity contribution in [3.8, 4) is 0 Å². The Balaban J connectivity index is 2.34. The monoisotopic (exact) mass is 258 g/mol. The van der Waals surface area contributed by atoms with E-state index in [1.54, 1.807) is 11.8 Å². The number of ether oxygens (including phenoxy) is 1. The van der Waals surface area contributed by atoms with Gasteiger partial charge in [-0.2, -0.15) is 0 Å². The Bertz CT molecular complexity index is 277. The lowest BCUT2D eigenvalue weighted by Crippen LogP contribution is -2.43. The number of morpholine rings is 1. The van der Waals surface area contributed by atoms with Crippen molar-refractivity contribution in [1.29, 1.82) is 0 Å². The van der Waals surface area contributed by atoms with Gasteiger partial charge in [-0.25, -0.2) is 0 Å². The van der Waals surface area contributed by atoms with Crippen LogP contribution in [0.3, 0.4) is 0 Å². The van der Waals surface area contributed by atoms with Gasteiger partial charge in [0.2, 0.25) is 5.91 Å². The van der Waals surface area contributed by atoms with E-state index >= 15 is 0 Å². The molecule has 1 heterocycles. The quantitative estimate of drug-likeness (QED) is 0.698. The molecule has 0 bridgehead atoms. The summed E-state index contributed by atoms with van der Waals surface area (Å²) in [4.78, 5) is 26.1. The average molecular weight is 258 g/mol.